The van der Waals surface area contributed by atoms with Gasteiger partial charge in [-0.2, -0.15) is 0 Å². The van der Waals surface area contributed by atoms with Gasteiger partial charge in [0.15, 0.2) is 0 Å². The topological polar surface area (TPSA) is 66.2 Å². The van der Waals surface area contributed by atoms with Crippen LogP contribution >= 0.6 is 23.2 Å². The second-order valence-electron chi connectivity index (χ2n) is 8.62. The van der Waals surface area contributed by atoms with Gasteiger partial charge in [0.05, 0.1) is 36.1 Å². The predicted molar refractivity (Wildman–Crippen MR) is 139 cm³/mol. The van der Waals surface area contributed by atoms with Crippen molar-refractivity contribution >= 4 is 35.0 Å². The first-order chi connectivity index (χ1) is 17.5. The number of amides is 2. The number of morpholine rings is 1. The van der Waals surface area contributed by atoms with Gasteiger partial charge in [-0.3, -0.25) is 14.5 Å². The van der Waals surface area contributed by atoms with Crippen molar-refractivity contribution in [3.63, 3.8) is 0 Å². The van der Waals surface area contributed by atoms with E-state index in [9.17, 15) is 9.59 Å². The number of carbonyl (C=O) groups excluding carboxylic acids is 2. The van der Waals surface area contributed by atoms with Gasteiger partial charge in [-0.05, 0) is 35.9 Å². The van der Waals surface area contributed by atoms with E-state index in [1.54, 1.807) is 40.3 Å². The van der Waals surface area contributed by atoms with Gasteiger partial charge in [-0.25, -0.2) is 0 Å². The summed E-state index contributed by atoms with van der Waals surface area (Å²) in [6.45, 7) is 4.57. The highest BCUT2D eigenvalue weighted by Gasteiger charge is 2.25. The average molecular weight is 530 g/mol. The number of halogens is 2. The molecule has 0 saturated carbocycles. The number of carbonyl (C=O) groups is 2. The third-order valence-electron chi connectivity index (χ3n) is 6.07. The largest absolute Gasteiger partial charge is 0.467 e. The van der Waals surface area contributed by atoms with Crippen molar-refractivity contribution in [2.75, 3.05) is 45.9 Å². The molecule has 3 aromatic rings. The Labute approximate surface area is 221 Å². The lowest BCUT2D eigenvalue weighted by atomic mass is 10.2. The summed E-state index contributed by atoms with van der Waals surface area (Å²) in [5, 5.41) is 0.669. The van der Waals surface area contributed by atoms with Gasteiger partial charge >= 0.3 is 0 Å². The van der Waals surface area contributed by atoms with Gasteiger partial charge in [-0.1, -0.05) is 53.5 Å². The van der Waals surface area contributed by atoms with Gasteiger partial charge in [0, 0.05) is 38.3 Å². The van der Waals surface area contributed by atoms with Crippen LogP contribution in [0.4, 0.5) is 0 Å². The summed E-state index contributed by atoms with van der Waals surface area (Å²) in [5.41, 5.74) is 1.38. The van der Waals surface area contributed by atoms with E-state index in [0.717, 1.165) is 18.7 Å². The monoisotopic (exact) mass is 529 g/mol. The molecule has 0 unspecified atom stereocenters. The third kappa shape index (κ3) is 7.34. The summed E-state index contributed by atoms with van der Waals surface area (Å²) in [4.78, 5) is 32.6. The van der Waals surface area contributed by atoms with Crippen LogP contribution in [0.5, 0.6) is 0 Å². The normalized spacial score (nSPS) is 13.9. The molecular weight excluding hydrogens is 501 g/mol. The van der Waals surface area contributed by atoms with E-state index in [2.05, 4.69) is 4.90 Å². The van der Waals surface area contributed by atoms with Crippen molar-refractivity contribution < 1.29 is 18.7 Å². The SMILES string of the molecule is O=C(CN(CCN1CCOCC1)C(=O)c1ccc(Cl)c(Cl)c1)N(Cc1ccccc1)Cc1ccco1. The molecule has 0 radical (unpaired) electrons. The van der Waals surface area contributed by atoms with Crippen LogP contribution in [0.3, 0.4) is 0 Å². The van der Waals surface area contributed by atoms with E-state index < -0.39 is 0 Å². The predicted octanol–water partition coefficient (Wildman–Crippen LogP) is 4.59. The first kappa shape index (κ1) is 26.2. The molecule has 1 fully saturated rings. The fraction of sp³-hybridized carbons (Fsp3) is 0.333. The summed E-state index contributed by atoms with van der Waals surface area (Å²) in [7, 11) is 0. The van der Waals surface area contributed by atoms with Crippen LogP contribution < -0.4 is 0 Å². The van der Waals surface area contributed by atoms with Crippen molar-refractivity contribution in [2.24, 2.45) is 0 Å². The molecule has 0 bridgehead atoms. The molecule has 7 nitrogen and oxygen atoms in total. The summed E-state index contributed by atoms with van der Waals surface area (Å²) < 4.78 is 10.9. The van der Waals surface area contributed by atoms with Crippen LogP contribution in [0.15, 0.2) is 71.3 Å². The van der Waals surface area contributed by atoms with Crippen LogP contribution in [0.1, 0.15) is 21.7 Å². The second kappa shape index (κ2) is 12.9. The molecule has 190 valence electrons. The summed E-state index contributed by atoms with van der Waals surface area (Å²) in [6.07, 6.45) is 1.59. The summed E-state index contributed by atoms with van der Waals surface area (Å²) in [6, 6.07) is 18.2. The van der Waals surface area contributed by atoms with Crippen LogP contribution in [-0.4, -0.2) is 72.5 Å². The Hall–Kier alpha value is -2.84. The fourth-order valence-electron chi connectivity index (χ4n) is 4.04. The van der Waals surface area contributed by atoms with Crippen LogP contribution in [0, 0.1) is 0 Å². The fourth-order valence-corrected chi connectivity index (χ4v) is 4.34. The maximum absolute atomic E-state index is 13.6. The number of nitrogens with zero attached hydrogens (tertiary/aromatic N) is 3. The zero-order chi connectivity index (χ0) is 25.3. The minimum absolute atomic E-state index is 0.0725. The molecule has 1 saturated heterocycles. The lowest BCUT2D eigenvalue weighted by molar-refractivity contribution is -0.133. The first-order valence-corrected chi connectivity index (χ1v) is 12.6. The average Bonchev–Trinajstić information content (AvgIpc) is 3.41. The lowest BCUT2D eigenvalue weighted by Gasteiger charge is -2.31. The molecule has 1 aromatic heterocycles. The van der Waals surface area contributed by atoms with Crippen molar-refractivity contribution in [1.82, 2.24) is 14.7 Å². The molecule has 4 rings (SSSR count). The quantitative estimate of drug-likeness (QED) is 0.384. The highest BCUT2D eigenvalue weighted by Crippen LogP contribution is 2.23. The maximum Gasteiger partial charge on any atom is 0.254 e. The van der Waals surface area contributed by atoms with E-state index in [-0.39, 0.29) is 18.4 Å². The van der Waals surface area contributed by atoms with Gasteiger partial charge in [0.2, 0.25) is 5.91 Å². The van der Waals surface area contributed by atoms with E-state index in [4.69, 9.17) is 32.4 Å². The van der Waals surface area contributed by atoms with Gasteiger partial charge < -0.3 is 19.0 Å². The van der Waals surface area contributed by atoms with Crippen molar-refractivity contribution in [1.29, 1.82) is 0 Å². The smallest absolute Gasteiger partial charge is 0.254 e. The number of hydrogen-bond donors (Lipinski definition) is 0. The molecule has 1 aliphatic heterocycles. The Bertz CT molecular complexity index is 1140. The number of furan rings is 1. The Morgan fingerprint density at radius 3 is 2.36 bits per heavy atom. The van der Waals surface area contributed by atoms with Crippen LogP contribution in [0.25, 0.3) is 0 Å². The molecule has 2 heterocycles. The molecule has 0 atom stereocenters. The molecule has 1 aliphatic rings. The van der Waals surface area contributed by atoms with E-state index >= 15 is 0 Å². The number of hydrogen-bond acceptors (Lipinski definition) is 5. The Morgan fingerprint density at radius 1 is 0.889 bits per heavy atom. The minimum atomic E-state index is -0.271. The van der Waals surface area contributed by atoms with Crippen LogP contribution in [0.2, 0.25) is 10.0 Å². The third-order valence-corrected chi connectivity index (χ3v) is 6.80. The molecule has 0 spiro atoms. The highest BCUT2D eigenvalue weighted by molar-refractivity contribution is 6.42. The van der Waals surface area contributed by atoms with E-state index in [0.29, 0.717) is 60.8 Å². The highest BCUT2D eigenvalue weighted by atomic mass is 35.5. The maximum atomic E-state index is 13.6. The van der Waals surface area contributed by atoms with Crippen LogP contribution in [-0.2, 0) is 22.6 Å². The zero-order valence-corrected chi connectivity index (χ0v) is 21.5. The first-order valence-electron chi connectivity index (χ1n) is 11.9. The van der Waals surface area contributed by atoms with E-state index in [1.807, 2.05) is 36.4 Å². The molecule has 0 aliphatic carbocycles. The molecule has 36 heavy (non-hydrogen) atoms. The zero-order valence-electron chi connectivity index (χ0n) is 19.9. The lowest BCUT2D eigenvalue weighted by Crippen LogP contribution is -2.47. The molecular formula is C27H29Cl2N3O4. The number of benzene rings is 2. The van der Waals surface area contributed by atoms with Gasteiger partial charge in [0.25, 0.3) is 5.91 Å². The van der Waals surface area contributed by atoms with Crippen molar-refractivity contribution in [3.05, 3.63) is 93.9 Å². The standard InChI is InChI=1S/C27H29Cl2N3O4/c28-24-9-8-22(17-25(24)29)27(34)31(11-10-30-12-15-35-16-13-30)20-26(33)32(19-23-7-4-14-36-23)18-21-5-2-1-3-6-21/h1-9,14,17H,10-13,15-16,18-20H2. The summed E-state index contributed by atoms with van der Waals surface area (Å²) in [5.74, 6) is 0.230. The molecule has 2 amide bonds. The Kier molecular flexibility index (Phi) is 9.41. The second-order valence-corrected chi connectivity index (χ2v) is 9.44. The Balaban J connectivity index is 1.53. The van der Waals surface area contributed by atoms with Gasteiger partial charge in [0.1, 0.15) is 12.3 Å². The molecule has 9 heteroatoms. The molecule has 2 aromatic carbocycles. The summed E-state index contributed by atoms with van der Waals surface area (Å²) >= 11 is 12.2. The van der Waals surface area contributed by atoms with Gasteiger partial charge in [-0.15, -0.1) is 0 Å². The molecule has 0 N–H and O–H groups in total. The minimum Gasteiger partial charge on any atom is -0.467 e. The van der Waals surface area contributed by atoms with Crippen molar-refractivity contribution in [3.8, 4) is 0 Å². The van der Waals surface area contributed by atoms with E-state index in [1.165, 1.54) is 0 Å². The number of ether oxygens (including phenoxy) is 1. The van der Waals surface area contributed by atoms with Crippen molar-refractivity contribution in [2.45, 2.75) is 13.1 Å². The number of rotatable bonds is 10. The Morgan fingerprint density at radius 2 is 1.67 bits per heavy atom.